The van der Waals surface area contributed by atoms with E-state index in [-0.39, 0.29) is 5.38 Å². The fourth-order valence-electron chi connectivity index (χ4n) is 2.48. The van der Waals surface area contributed by atoms with Crippen LogP contribution in [0.5, 0.6) is 0 Å². The first kappa shape index (κ1) is 16.8. The van der Waals surface area contributed by atoms with Crippen LogP contribution in [0.4, 0.5) is 0 Å². The summed E-state index contributed by atoms with van der Waals surface area (Å²) in [6.45, 7) is 10.5. The average Bonchev–Trinajstić information content (AvgIpc) is 2.90. The van der Waals surface area contributed by atoms with Crippen molar-refractivity contribution in [3.8, 4) is 0 Å². The predicted molar refractivity (Wildman–Crippen MR) is 80.8 cm³/mol. The summed E-state index contributed by atoms with van der Waals surface area (Å²) < 4.78 is 0. The van der Waals surface area contributed by atoms with Crippen LogP contribution >= 0.6 is 11.6 Å². The van der Waals surface area contributed by atoms with Crippen molar-refractivity contribution in [3.63, 3.8) is 0 Å². The van der Waals surface area contributed by atoms with Gasteiger partial charge in [-0.3, -0.25) is 0 Å². The first-order chi connectivity index (χ1) is 8.20. The number of rotatable bonds is 4. The SMILES string of the molecule is C/C=C\C(=C(/C)C1CCCC1)C(Cl)CC.CC. The number of alkyl halides is 1. The van der Waals surface area contributed by atoms with Crippen molar-refractivity contribution in [2.75, 3.05) is 0 Å². The van der Waals surface area contributed by atoms with Gasteiger partial charge in [0.1, 0.15) is 0 Å². The summed E-state index contributed by atoms with van der Waals surface area (Å²) in [5, 5.41) is 0.196. The van der Waals surface area contributed by atoms with Gasteiger partial charge in [0.25, 0.3) is 0 Å². The molecular weight excluding hydrogens is 228 g/mol. The van der Waals surface area contributed by atoms with Crippen LogP contribution in [-0.4, -0.2) is 5.38 Å². The molecular formula is C16H29Cl. The van der Waals surface area contributed by atoms with Gasteiger partial charge < -0.3 is 0 Å². The zero-order valence-electron chi connectivity index (χ0n) is 12.2. The molecule has 0 bridgehead atoms. The zero-order chi connectivity index (χ0) is 13.3. The van der Waals surface area contributed by atoms with Gasteiger partial charge in [-0.05, 0) is 44.6 Å². The molecule has 1 rings (SSSR count). The second-order valence-electron chi connectivity index (χ2n) is 4.50. The van der Waals surface area contributed by atoms with Crippen LogP contribution in [0.2, 0.25) is 0 Å². The highest BCUT2D eigenvalue weighted by Gasteiger charge is 2.20. The lowest BCUT2D eigenvalue weighted by Gasteiger charge is -2.18. The summed E-state index contributed by atoms with van der Waals surface area (Å²) in [5.74, 6) is 0.795. The normalized spacial score (nSPS) is 19.9. The van der Waals surface area contributed by atoms with Crippen molar-refractivity contribution >= 4 is 11.6 Å². The van der Waals surface area contributed by atoms with Crippen molar-refractivity contribution in [1.29, 1.82) is 0 Å². The molecule has 0 amide bonds. The number of hydrogen-bond acceptors (Lipinski definition) is 0. The Kier molecular flexibility index (Phi) is 9.63. The fourth-order valence-corrected chi connectivity index (χ4v) is 2.72. The molecule has 1 aliphatic carbocycles. The minimum atomic E-state index is 0.196. The highest BCUT2D eigenvalue weighted by atomic mass is 35.5. The molecule has 0 aromatic heterocycles. The van der Waals surface area contributed by atoms with E-state index in [1.54, 1.807) is 0 Å². The molecule has 0 spiro atoms. The van der Waals surface area contributed by atoms with Crippen LogP contribution in [0, 0.1) is 5.92 Å². The number of halogens is 1. The van der Waals surface area contributed by atoms with Crippen molar-refractivity contribution in [3.05, 3.63) is 23.3 Å². The summed E-state index contributed by atoms with van der Waals surface area (Å²) in [7, 11) is 0. The summed E-state index contributed by atoms with van der Waals surface area (Å²) in [6.07, 6.45) is 10.8. The van der Waals surface area contributed by atoms with Gasteiger partial charge >= 0.3 is 0 Å². The topological polar surface area (TPSA) is 0 Å². The Morgan fingerprint density at radius 1 is 1.29 bits per heavy atom. The summed E-state index contributed by atoms with van der Waals surface area (Å²) in [6, 6.07) is 0. The Bertz CT molecular complexity index is 244. The molecule has 1 saturated carbocycles. The first-order valence-corrected chi connectivity index (χ1v) is 7.61. The molecule has 100 valence electrons. The van der Waals surface area contributed by atoms with Gasteiger partial charge in [-0.25, -0.2) is 0 Å². The van der Waals surface area contributed by atoms with E-state index >= 15 is 0 Å². The molecule has 1 aliphatic rings. The Morgan fingerprint density at radius 2 is 1.82 bits per heavy atom. The molecule has 0 saturated heterocycles. The molecule has 1 unspecified atom stereocenters. The molecule has 0 N–H and O–H groups in total. The van der Waals surface area contributed by atoms with Gasteiger partial charge in [-0.2, -0.15) is 0 Å². The molecule has 0 heterocycles. The zero-order valence-corrected chi connectivity index (χ0v) is 13.0. The maximum atomic E-state index is 6.37. The summed E-state index contributed by atoms with van der Waals surface area (Å²) in [4.78, 5) is 0. The molecule has 0 aliphatic heterocycles. The quantitative estimate of drug-likeness (QED) is 0.420. The van der Waals surface area contributed by atoms with E-state index in [0.717, 1.165) is 12.3 Å². The van der Waals surface area contributed by atoms with E-state index < -0.39 is 0 Å². The lowest BCUT2D eigenvalue weighted by molar-refractivity contribution is 0.632. The third kappa shape index (κ3) is 5.29. The van der Waals surface area contributed by atoms with Crippen LogP contribution in [0.3, 0.4) is 0 Å². The van der Waals surface area contributed by atoms with Gasteiger partial charge in [0.05, 0.1) is 5.38 Å². The Labute approximate surface area is 113 Å². The second kappa shape index (κ2) is 9.76. The lowest BCUT2D eigenvalue weighted by Crippen LogP contribution is -2.07. The smallest absolute Gasteiger partial charge is 0.0582 e. The lowest BCUT2D eigenvalue weighted by atomic mass is 9.91. The summed E-state index contributed by atoms with van der Waals surface area (Å²) >= 11 is 6.37. The third-order valence-electron chi connectivity index (χ3n) is 3.47. The van der Waals surface area contributed by atoms with E-state index in [1.807, 2.05) is 13.8 Å². The number of hydrogen-bond donors (Lipinski definition) is 0. The van der Waals surface area contributed by atoms with E-state index in [2.05, 4.69) is 32.9 Å². The standard InChI is InChI=1S/C14H23Cl.C2H6/c1-4-8-13(14(15)5-2)11(3)12-9-6-7-10-12;1-2/h4,8,12,14H,5-7,9-10H2,1-3H3;1-2H3/b8-4-,13-11-;. The van der Waals surface area contributed by atoms with Gasteiger partial charge in [0.15, 0.2) is 0 Å². The third-order valence-corrected chi connectivity index (χ3v) is 4.01. The van der Waals surface area contributed by atoms with Crippen molar-refractivity contribution in [2.45, 2.75) is 72.1 Å². The molecule has 0 radical (unpaired) electrons. The highest BCUT2D eigenvalue weighted by molar-refractivity contribution is 6.22. The molecule has 1 heteroatoms. The Balaban J connectivity index is 0.00000121. The van der Waals surface area contributed by atoms with Crippen LogP contribution in [-0.2, 0) is 0 Å². The maximum Gasteiger partial charge on any atom is 0.0582 e. The Morgan fingerprint density at radius 3 is 2.24 bits per heavy atom. The first-order valence-electron chi connectivity index (χ1n) is 7.18. The minimum Gasteiger partial charge on any atom is -0.118 e. The molecule has 0 nitrogen and oxygen atoms in total. The molecule has 17 heavy (non-hydrogen) atoms. The van der Waals surface area contributed by atoms with Crippen LogP contribution in [0.1, 0.15) is 66.7 Å². The monoisotopic (exact) mass is 256 g/mol. The van der Waals surface area contributed by atoms with Crippen molar-refractivity contribution in [1.82, 2.24) is 0 Å². The van der Waals surface area contributed by atoms with Crippen molar-refractivity contribution < 1.29 is 0 Å². The Hall–Kier alpha value is -0.230. The fraction of sp³-hybridized carbons (Fsp3) is 0.750. The summed E-state index contributed by atoms with van der Waals surface area (Å²) in [5.41, 5.74) is 2.90. The highest BCUT2D eigenvalue weighted by Crippen LogP contribution is 2.34. The van der Waals surface area contributed by atoms with Gasteiger partial charge in [-0.1, -0.05) is 51.3 Å². The second-order valence-corrected chi connectivity index (χ2v) is 5.02. The average molecular weight is 257 g/mol. The van der Waals surface area contributed by atoms with E-state index in [1.165, 1.54) is 36.8 Å². The van der Waals surface area contributed by atoms with Crippen LogP contribution in [0.25, 0.3) is 0 Å². The number of allylic oxidation sites excluding steroid dienone is 4. The van der Waals surface area contributed by atoms with Crippen LogP contribution < -0.4 is 0 Å². The van der Waals surface area contributed by atoms with Gasteiger partial charge in [0.2, 0.25) is 0 Å². The maximum absolute atomic E-state index is 6.37. The van der Waals surface area contributed by atoms with Crippen molar-refractivity contribution in [2.24, 2.45) is 5.92 Å². The molecule has 1 fully saturated rings. The predicted octanol–water partition coefficient (Wildman–Crippen LogP) is 6.11. The molecule has 0 aromatic rings. The van der Waals surface area contributed by atoms with Gasteiger partial charge in [0, 0.05) is 0 Å². The van der Waals surface area contributed by atoms with E-state index in [4.69, 9.17) is 11.6 Å². The van der Waals surface area contributed by atoms with E-state index in [0.29, 0.717) is 0 Å². The van der Waals surface area contributed by atoms with Gasteiger partial charge in [-0.15, -0.1) is 11.6 Å². The minimum absolute atomic E-state index is 0.196. The van der Waals surface area contributed by atoms with Crippen LogP contribution in [0.15, 0.2) is 23.3 Å². The molecule has 1 atom stereocenters. The van der Waals surface area contributed by atoms with E-state index in [9.17, 15) is 0 Å². The largest absolute Gasteiger partial charge is 0.118 e. The molecule has 0 aromatic carbocycles.